The average Bonchev–Trinajstić information content (AvgIpc) is 3.21. The number of anilines is 1. The van der Waals surface area contributed by atoms with E-state index in [1.165, 1.54) is 0 Å². The molecule has 0 bridgehead atoms. The first-order valence-corrected chi connectivity index (χ1v) is 7.56. The van der Waals surface area contributed by atoms with Gasteiger partial charge in [-0.25, -0.2) is 4.79 Å². The van der Waals surface area contributed by atoms with Crippen LogP contribution in [0.4, 0.5) is 5.69 Å². The lowest BCUT2D eigenvalue weighted by Gasteiger charge is -2.11. The van der Waals surface area contributed by atoms with Gasteiger partial charge in [0.25, 0.3) is 0 Å². The SMILES string of the molecule is C[C@@H](Nc1ccc2[nH]c(=O)[nH]c2c1)c1nnc(-c2ccccc2)o1. The molecule has 2 aromatic carbocycles. The van der Waals surface area contributed by atoms with Gasteiger partial charge in [0.05, 0.1) is 11.0 Å². The summed E-state index contributed by atoms with van der Waals surface area (Å²) in [5, 5.41) is 11.5. The van der Waals surface area contributed by atoms with Gasteiger partial charge in [-0.05, 0) is 37.3 Å². The molecule has 3 N–H and O–H groups in total. The first kappa shape index (κ1) is 14.3. The van der Waals surface area contributed by atoms with Crippen LogP contribution < -0.4 is 11.0 Å². The third kappa shape index (κ3) is 2.67. The van der Waals surface area contributed by atoms with Crippen molar-refractivity contribution in [3.05, 3.63) is 64.9 Å². The van der Waals surface area contributed by atoms with Crippen molar-refractivity contribution in [1.82, 2.24) is 20.2 Å². The fraction of sp³-hybridized carbons (Fsp3) is 0.118. The molecular formula is C17H15N5O2. The maximum atomic E-state index is 11.3. The highest BCUT2D eigenvalue weighted by atomic mass is 16.4. The van der Waals surface area contributed by atoms with Crippen LogP contribution in [-0.4, -0.2) is 20.2 Å². The summed E-state index contributed by atoms with van der Waals surface area (Å²) in [6.07, 6.45) is 0. The van der Waals surface area contributed by atoms with E-state index in [2.05, 4.69) is 25.5 Å². The number of nitrogens with one attached hydrogen (secondary N) is 3. The zero-order valence-electron chi connectivity index (χ0n) is 12.9. The molecule has 120 valence electrons. The lowest BCUT2D eigenvalue weighted by atomic mass is 10.2. The number of H-pyrrole nitrogens is 2. The molecule has 0 amide bonds. The monoisotopic (exact) mass is 321 g/mol. The zero-order valence-corrected chi connectivity index (χ0v) is 12.9. The molecule has 4 rings (SSSR count). The molecule has 0 unspecified atom stereocenters. The first-order valence-electron chi connectivity index (χ1n) is 7.56. The molecule has 4 aromatic rings. The number of hydrogen-bond acceptors (Lipinski definition) is 5. The molecule has 2 aromatic heterocycles. The largest absolute Gasteiger partial charge is 0.418 e. The number of aromatic amines is 2. The van der Waals surface area contributed by atoms with Gasteiger partial charge in [0.2, 0.25) is 11.8 Å². The Bertz CT molecular complexity index is 1030. The summed E-state index contributed by atoms with van der Waals surface area (Å²) in [5.41, 5.74) is 3.02. The minimum Gasteiger partial charge on any atom is -0.418 e. The van der Waals surface area contributed by atoms with Gasteiger partial charge in [-0.2, -0.15) is 0 Å². The molecule has 0 radical (unpaired) electrons. The molecule has 0 aliphatic carbocycles. The van der Waals surface area contributed by atoms with Gasteiger partial charge >= 0.3 is 5.69 Å². The predicted molar refractivity (Wildman–Crippen MR) is 90.7 cm³/mol. The number of nitrogens with zero attached hydrogens (tertiary/aromatic N) is 2. The maximum Gasteiger partial charge on any atom is 0.323 e. The molecule has 0 aliphatic heterocycles. The third-order valence-corrected chi connectivity index (χ3v) is 3.73. The predicted octanol–water partition coefficient (Wildman–Crippen LogP) is 3.08. The molecule has 0 saturated heterocycles. The Morgan fingerprint density at radius 1 is 1.04 bits per heavy atom. The minimum atomic E-state index is -0.223. The Morgan fingerprint density at radius 2 is 1.83 bits per heavy atom. The van der Waals surface area contributed by atoms with Crippen LogP contribution >= 0.6 is 0 Å². The van der Waals surface area contributed by atoms with E-state index in [4.69, 9.17) is 4.42 Å². The molecule has 2 heterocycles. The van der Waals surface area contributed by atoms with E-state index in [0.29, 0.717) is 11.8 Å². The second kappa shape index (κ2) is 5.69. The topological polar surface area (TPSA) is 99.6 Å². The Hall–Kier alpha value is -3.35. The van der Waals surface area contributed by atoms with Crippen LogP contribution in [0.25, 0.3) is 22.5 Å². The van der Waals surface area contributed by atoms with Gasteiger partial charge < -0.3 is 19.7 Å². The van der Waals surface area contributed by atoms with Gasteiger partial charge in [-0.3, -0.25) is 0 Å². The Labute approximate surface area is 136 Å². The van der Waals surface area contributed by atoms with Gasteiger partial charge in [0.1, 0.15) is 6.04 Å². The minimum absolute atomic E-state index is 0.168. The summed E-state index contributed by atoms with van der Waals surface area (Å²) < 4.78 is 5.75. The van der Waals surface area contributed by atoms with Crippen molar-refractivity contribution in [1.29, 1.82) is 0 Å². The van der Waals surface area contributed by atoms with E-state index in [-0.39, 0.29) is 11.7 Å². The molecule has 0 saturated carbocycles. The van der Waals surface area contributed by atoms with Gasteiger partial charge in [-0.15, -0.1) is 10.2 Å². The van der Waals surface area contributed by atoms with E-state index < -0.39 is 0 Å². The summed E-state index contributed by atoms with van der Waals surface area (Å²) in [6, 6.07) is 15.0. The summed E-state index contributed by atoms with van der Waals surface area (Å²) in [7, 11) is 0. The normalized spacial score (nSPS) is 12.4. The fourth-order valence-corrected chi connectivity index (χ4v) is 2.54. The van der Waals surface area contributed by atoms with E-state index in [0.717, 1.165) is 22.3 Å². The van der Waals surface area contributed by atoms with Crippen molar-refractivity contribution in [3.8, 4) is 11.5 Å². The van der Waals surface area contributed by atoms with Crippen LogP contribution in [-0.2, 0) is 0 Å². The quantitative estimate of drug-likeness (QED) is 0.536. The third-order valence-electron chi connectivity index (χ3n) is 3.73. The first-order chi connectivity index (χ1) is 11.7. The van der Waals surface area contributed by atoms with Crippen LogP contribution in [0.3, 0.4) is 0 Å². The van der Waals surface area contributed by atoms with E-state index in [1.54, 1.807) is 0 Å². The van der Waals surface area contributed by atoms with Crippen molar-refractivity contribution < 1.29 is 4.42 Å². The molecule has 1 atom stereocenters. The molecule has 0 spiro atoms. The fourth-order valence-electron chi connectivity index (χ4n) is 2.54. The second-order valence-electron chi connectivity index (χ2n) is 5.52. The van der Waals surface area contributed by atoms with Crippen LogP contribution in [0, 0.1) is 0 Å². The number of rotatable bonds is 4. The molecule has 0 fully saturated rings. The Morgan fingerprint density at radius 3 is 2.67 bits per heavy atom. The van der Waals surface area contributed by atoms with Crippen LogP contribution in [0.2, 0.25) is 0 Å². The zero-order chi connectivity index (χ0) is 16.5. The summed E-state index contributed by atoms with van der Waals surface area (Å²) in [4.78, 5) is 16.8. The highest BCUT2D eigenvalue weighted by molar-refractivity contribution is 5.78. The van der Waals surface area contributed by atoms with Gasteiger partial charge in [-0.1, -0.05) is 18.2 Å². The van der Waals surface area contributed by atoms with Crippen LogP contribution in [0.1, 0.15) is 18.9 Å². The van der Waals surface area contributed by atoms with Crippen molar-refractivity contribution in [2.45, 2.75) is 13.0 Å². The Balaban J connectivity index is 1.56. The number of aromatic nitrogens is 4. The van der Waals surface area contributed by atoms with Crippen molar-refractivity contribution >= 4 is 16.7 Å². The van der Waals surface area contributed by atoms with E-state index in [1.807, 2.05) is 55.5 Å². The lowest BCUT2D eigenvalue weighted by molar-refractivity contribution is 0.485. The summed E-state index contributed by atoms with van der Waals surface area (Å²) in [5.74, 6) is 0.987. The number of benzene rings is 2. The summed E-state index contributed by atoms with van der Waals surface area (Å²) >= 11 is 0. The summed E-state index contributed by atoms with van der Waals surface area (Å²) in [6.45, 7) is 1.94. The highest BCUT2D eigenvalue weighted by Gasteiger charge is 2.15. The number of hydrogen-bond donors (Lipinski definition) is 3. The highest BCUT2D eigenvalue weighted by Crippen LogP contribution is 2.24. The smallest absolute Gasteiger partial charge is 0.323 e. The van der Waals surface area contributed by atoms with E-state index >= 15 is 0 Å². The molecule has 7 heteroatoms. The van der Waals surface area contributed by atoms with Gasteiger partial charge in [0.15, 0.2) is 0 Å². The lowest BCUT2D eigenvalue weighted by Crippen LogP contribution is -2.06. The molecular weight excluding hydrogens is 306 g/mol. The molecule has 0 aliphatic rings. The van der Waals surface area contributed by atoms with Crippen molar-refractivity contribution in [3.63, 3.8) is 0 Å². The number of fused-ring (bicyclic) bond motifs is 1. The second-order valence-corrected chi connectivity index (χ2v) is 5.52. The Kier molecular flexibility index (Phi) is 3.38. The molecule has 24 heavy (non-hydrogen) atoms. The van der Waals surface area contributed by atoms with Crippen LogP contribution in [0.15, 0.2) is 57.7 Å². The van der Waals surface area contributed by atoms with Crippen molar-refractivity contribution in [2.75, 3.05) is 5.32 Å². The van der Waals surface area contributed by atoms with E-state index in [9.17, 15) is 4.79 Å². The standard InChI is InChI=1S/C17H15N5O2/c1-10(15-21-22-16(24-15)11-5-3-2-4-6-11)18-12-7-8-13-14(9-12)20-17(23)19-13/h2-10,18H,1H3,(H2,19,20,23)/t10-/m1/s1. The average molecular weight is 321 g/mol. The van der Waals surface area contributed by atoms with Gasteiger partial charge in [0, 0.05) is 11.3 Å². The maximum absolute atomic E-state index is 11.3. The number of imidazole rings is 1. The molecule has 7 nitrogen and oxygen atoms in total. The van der Waals surface area contributed by atoms with Crippen LogP contribution in [0.5, 0.6) is 0 Å². The van der Waals surface area contributed by atoms with Crippen molar-refractivity contribution in [2.24, 2.45) is 0 Å².